The van der Waals surface area contributed by atoms with Crippen molar-refractivity contribution >= 4 is 28.8 Å². The maximum atomic E-state index is 6.00. The van der Waals surface area contributed by atoms with Crippen molar-refractivity contribution in [3.05, 3.63) is 59.1 Å². The van der Waals surface area contributed by atoms with E-state index in [1.807, 2.05) is 42.5 Å². The summed E-state index contributed by atoms with van der Waals surface area (Å²) in [7, 11) is 0. The van der Waals surface area contributed by atoms with Gasteiger partial charge >= 0.3 is 0 Å². The summed E-state index contributed by atoms with van der Waals surface area (Å²) in [6, 6.07) is 14.8. The third kappa shape index (κ3) is 4.92. The zero-order valence-electron chi connectivity index (χ0n) is 11.4. The van der Waals surface area contributed by atoms with Gasteiger partial charge in [-0.05, 0) is 24.3 Å². The van der Waals surface area contributed by atoms with Gasteiger partial charge in [-0.3, -0.25) is 0 Å². The van der Waals surface area contributed by atoms with Crippen LogP contribution in [0.15, 0.2) is 48.5 Å². The molecule has 0 bridgehead atoms. The third-order valence-electron chi connectivity index (χ3n) is 2.77. The van der Waals surface area contributed by atoms with Crippen LogP contribution >= 0.6 is 23.8 Å². The zero-order valence-corrected chi connectivity index (χ0v) is 13.0. The second-order valence-electron chi connectivity index (χ2n) is 4.37. The van der Waals surface area contributed by atoms with Crippen molar-refractivity contribution in [3.63, 3.8) is 0 Å². The Morgan fingerprint density at radius 3 is 2.57 bits per heavy atom. The van der Waals surface area contributed by atoms with Gasteiger partial charge in [0.25, 0.3) is 0 Å². The molecule has 0 amide bonds. The largest absolute Gasteiger partial charge is 0.493 e. The molecule has 0 fully saturated rings. The highest BCUT2D eigenvalue weighted by atomic mass is 35.5. The highest BCUT2D eigenvalue weighted by Gasteiger charge is 2.01. The minimum atomic E-state index is 0.363. The smallest absolute Gasteiger partial charge is 0.137 e. The van der Waals surface area contributed by atoms with E-state index in [2.05, 4.69) is 0 Å². The topological polar surface area (TPSA) is 44.5 Å². The standard InChI is InChI=1S/C16H16ClNO2S/c17-14-7-1-2-8-15(14)20-10-4-9-19-13-6-3-5-12(11-13)16(18)21/h1-3,5-8,11H,4,9-10H2,(H2,18,21). The number of halogens is 1. The molecule has 0 spiro atoms. The summed E-state index contributed by atoms with van der Waals surface area (Å²) in [5.74, 6) is 1.44. The van der Waals surface area contributed by atoms with Crippen LogP contribution in [0.1, 0.15) is 12.0 Å². The zero-order chi connectivity index (χ0) is 15.1. The summed E-state index contributed by atoms with van der Waals surface area (Å²) in [6.07, 6.45) is 0.753. The summed E-state index contributed by atoms with van der Waals surface area (Å²) in [5.41, 5.74) is 6.38. The van der Waals surface area contributed by atoms with E-state index in [4.69, 9.17) is 39.0 Å². The summed E-state index contributed by atoms with van der Waals surface area (Å²) in [6.45, 7) is 1.09. The minimum Gasteiger partial charge on any atom is -0.493 e. The number of nitrogens with two attached hydrogens (primary N) is 1. The minimum absolute atomic E-state index is 0.363. The lowest BCUT2D eigenvalue weighted by Gasteiger charge is -2.09. The molecule has 2 rings (SSSR count). The number of benzene rings is 2. The van der Waals surface area contributed by atoms with Crippen molar-refractivity contribution in [3.8, 4) is 11.5 Å². The SMILES string of the molecule is NC(=S)c1cccc(OCCCOc2ccccc2Cl)c1. The first kappa shape index (κ1) is 15.6. The summed E-state index contributed by atoms with van der Waals surface area (Å²) in [4.78, 5) is 0.363. The van der Waals surface area contributed by atoms with Crippen molar-refractivity contribution in [2.24, 2.45) is 5.73 Å². The fourth-order valence-electron chi connectivity index (χ4n) is 1.73. The fourth-order valence-corrected chi connectivity index (χ4v) is 2.05. The average molecular weight is 322 g/mol. The molecule has 0 saturated heterocycles. The number of ether oxygens (including phenoxy) is 2. The van der Waals surface area contributed by atoms with Crippen LogP contribution in [0.4, 0.5) is 0 Å². The van der Waals surface area contributed by atoms with E-state index in [0.29, 0.717) is 29.0 Å². The Morgan fingerprint density at radius 2 is 1.81 bits per heavy atom. The molecule has 0 atom stereocenters. The van der Waals surface area contributed by atoms with Gasteiger partial charge in [-0.15, -0.1) is 0 Å². The molecule has 2 N–H and O–H groups in total. The van der Waals surface area contributed by atoms with Crippen LogP contribution in [0.25, 0.3) is 0 Å². The van der Waals surface area contributed by atoms with Crippen LogP contribution in [0.5, 0.6) is 11.5 Å². The first-order chi connectivity index (χ1) is 10.2. The van der Waals surface area contributed by atoms with Crippen LogP contribution in [-0.4, -0.2) is 18.2 Å². The molecule has 0 aromatic heterocycles. The molecule has 0 aliphatic heterocycles. The second kappa shape index (κ2) is 7.86. The number of hydrogen-bond acceptors (Lipinski definition) is 3. The Hall–Kier alpha value is -1.78. The molecule has 0 radical (unpaired) electrons. The number of para-hydroxylation sites is 1. The van der Waals surface area contributed by atoms with Crippen molar-refractivity contribution in [1.82, 2.24) is 0 Å². The lowest BCUT2D eigenvalue weighted by molar-refractivity contribution is 0.247. The molecule has 0 heterocycles. The third-order valence-corrected chi connectivity index (χ3v) is 3.32. The Bertz CT molecular complexity index is 619. The van der Waals surface area contributed by atoms with Crippen molar-refractivity contribution in [2.75, 3.05) is 13.2 Å². The maximum absolute atomic E-state index is 6.00. The first-order valence-corrected chi connectivity index (χ1v) is 7.35. The molecule has 5 heteroatoms. The molecule has 0 unspecified atom stereocenters. The number of thiocarbonyl (C=S) groups is 1. The Kier molecular flexibility index (Phi) is 5.84. The van der Waals surface area contributed by atoms with E-state index in [-0.39, 0.29) is 0 Å². The predicted molar refractivity (Wildman–Crippen MR) is 89.4 cm³/mol. The van der Waals surface area contributed by atoms with E-state index in [1.165, 1.54) is 0 Å². The van der Waals surface area contributed by atoms with Crippen LogP contribution in [-0.2, 0) is 0 Å². The van der Waals surface area contributed by atoms with Crippen LogP contribution in [0.2, 0.25) is 5.02 Å². The van der Waals surface area contributed by atoms with Gasteiger partial charge in [0.15, 0.2) is 0 Å². The van der Waals surface area contributed by atoms with Gasteiger partial charge < -0.3 is 15.2 Å². The molecule has 0 aliphatic carbocycles. The van der Waals surface area contributed by atoms with E-state index in [1.54, 1.807) is 6.07 Å². The van der Waals surface area contributed by atoms with Gasteiger partial charge in [0.05, 0.1) is 18.2 Å². The molecule has 2 aromatic rings. The Labute approximate surface area is 134 Å². The summed E-state index contributed by atoms with van der Waals surface area (Å²) < 4.78 is 11.2. The molecular weight excluding hydrogens is 306 g/mol. The second-order valence-corrected chi connectivity index (χ2v) is 5.22. The van der Waals surface area contributed by atoms with Gasteiger partial charge in [-0.1, -0.05) is 48.1 Å². The molecule has 0 saturated carbocycles. The van der Waals surface area contributed by atoms with E-state index in [9.17, 15) is 0 Å². The van der Waals surface area contributed by atoms with E-state index >= 15 is 0 Å². The highest BCUT2D eigenvalue weighted by Crippen LogP contribution is 2.23. The lowest BCUT2D eigenvalue weighted by Crippen LogP contribution is -2.10. The predicted octanol–water partition coefficient (Wildman–Crippen LogP) is 3.82. The maximum Gasteiger partial charge on any atom is 0.137 e. The molecule has 21 heavy (non-hydrogen) atoms. The number of rotatable bonds is 7. The molecule has 2 aromatic carbocycles. The lowest BCUT2D eigenvalue weighted by atomic mass is 10.2. The summed E-state index contributed by atoms with van der Waals surface area (Å²) >= 11 is 10.9. The summed E-state index contributed by atoms with van der Waals surface area (Å²) in [5, 5.41) is 0.613. The van der Waals surface area contributed by atoms with Gasteiger partial charge in [-0.2, -0.15) is 0 Å². The molecule has 3 nitrogen and oxygen atoms in total. The van der Waals surface area contributed by atoms with Crippen molar-refractivity contribution < 1.29 is 9.47 Å². The van der Waals surface area contributed by atoms with Crippen LogP contribution < -0.4 is 15.2 Å². The van der Waals surface area contributed by atoms with Crippen molar-refractivity contribution in [1.29, 1.82) is 0 Å². The van der Waals surface area contributed by atoms with Gasteiger partial charge in [0.2, 0.25) is 0 Å². The monoisotopic (exact) mass is 321 g/mol. The van der Waals surface area contributed by atoms with Crippen LogP contribution in [0.3, 0.4) is 0 Å². The average Bonchev–Trinajstić information content (AvgIpc) is 2.49. The van der Waals surface area contributed by atoms with Crippen molar-refractivity contribution in [2.45, 2.75) is 6.42 Å². The molecular formula is C16H16ClNO2S. The molecule has 110 valence electrons. The first-order valence-electron chi connectivity index (χ1n) is 6.57. The van der Waals surface area contributed by atoms with Crippen LogP contribution in [0, 0.1) is 0 Å². The van der Waals surface area contributed by atoms with Gasteiger partial charge in [-0.25, -0.2) is 0 Å². The highest BCUT2D eigenvalue weighted by molar-refractivity contribution is 7.80. The molecule has 0 aliphatic rings. The Balaban J connectivity index is 1.74. The van der Waals surface area contributed by atoms with Gasteiger partial charge in [0.1, 0.15) is 16.5 Å². The quantitative estimate of drug-likeness (QED) is 0.622. The van der Waals surface area contributed by atoms with E-state index < -0.39 is 0 Å². The normalized spacial score (nSPS) is 10.1. The van der Waals surface area contributed by atoms with E-state index in [0.717, 1.165) is 17.7 Å². The Morgan fingerprint density at radius 1 is 1.05 bits per heavy atom. The fraction of sp³-hybridized carbons (Fsp3) is 0.188. The number of hydrogen-bond donors (Lipinski definition) is 1. The van der Waals surface area contributed by atoms with Gasteiger partial charge in [0, 0.05) is 12.0 Å².